The maximum atomic E-state index is 13.0. The Balaban J connectivity index is 1.48. The molecular weight excluding hydrogens is 402 g/mol. The first kappa shape index (κ1) is 20.5. The number of hydrogen-bond donors (Lipinski definition) is 1. The summed E-state index contributed by atoms with van der Waals surface area (Å²) >= 11 is 0. The molecule has 6 nitrogen and oxygen atoms in total. The summed E-state index contributed by atoms with van der Waals surface area (Å²) in [7, 11) is 3.31. The van der Waals surface area contributed by atoms with Gasteiger partial charge in [0.05, 0.1) is 19.9 Å². The fourth-order valence-electron chi connectivity index (χ4n) is 4.88. The summed E-state index contributed by atoms with van der Waals surface area (Å²) in [6.45, 7) is 2.79. The molecule has 1 N–H and O–H groups in total. The summed E-state index contributed by atoms with van der Waals surface area (Å²) in [5.41, 5.74) is 7.14. The van der Waals surface area contributed by atoms with Crippen LogP contribution in [0.1, 0.15) is 34.4 Å². The third kappa shape index (κ3) is 3.60. The largest absolute Gasteiger partial charge is 0.493 e. The van der Waals surface area contributed by atoms with E-state index in [0.717, 1.165) is 65.2 Å². The number of aromatic amines is 1. The Hall–Kier alpha value is -3.41. The Morgan fingerprint density at radius 1 is 1.06 bits per heavy atom. The van der Waals surface area contributed by atoms with Crippen LogP contribution in [-0.4, -0.2) is 36.4 Å². The van der Waals surface area contributed by atoms with Crippen LogP contribution in [0.4, 0.5) is 0 Å². The number of nitrogens with one attached hydrogen (secondary N) is 1. The van der Waals surface area contributed by atoms with E-state index >= 15 is 0 Å². The first-order valence-electron chi connectivity index (χ1n) is 11.1. The molecule has 164 valence electrons. The molecular formula is C26H27N3O3. The van der Waals surface area contributed by atoms with Crippen molar-refractivity contribution in [1.29, 1.82) is 0 Å². The molecule has 0 amide bonds. The number of hydrogen-bond acceptors (Lipinski definition) is 5. The predicted octanol–water partition coefficient (Wildman–Crippen LogP) is 3.91. The van der Waals surface area contributed by atoms with Gasteiger partial charge in [-0.05, 0) is 56.4 Å². The predicted molar refractivity (Wildman–Crippen MR) is 125 cm³/mol. The van der Waals surface area contributed by atoms with E-state index in [1.54, 1.807) is 14.2 Å². The second-order valence-corrected chi connectivity index (χ2v) is 8.53. The van der Waals surface area contributed by atoms with Gasteiger partial charge in [-0.1, -0.05) is 23.8 Å². The lowest BCUT2D eigenvalue weighted by atomic mass is 9.79. The second-order valence-electron chi connectivity index (χ2n) is 8.53. The van der Waals surface area contributed by atoms with Crippen LogP contribution >= 0.6 is 0 Å². The minimum Gasteiger partial charge on any atom is -0.493 e. The van der Waals surface area contributed by atoms with Gasteiger partial charge in [0.15, 0.2) is 11.5 Å². The Bertz CT molecular complexity index is 1280. The summed E-state index contributed by atoms with van der Waals surface area (Å²) in [5.74, 6) is 2.28. The molecule has 1 atom stereocenters. The number of aliphatic imine (C=N–C) groups is 1. The first-order valence-corrected chi connectivity index (χ1v) is 11.1. The highest BCUT2D eigenvalue weighted by Crippen LogP contribution is 2.36. The van der Waals surface area contributed by atoms with Gasteiger partial charge in [-0.2, -0.15) is 0 Å². The van der Waals surface area contributed by atoms with E-state index in [9.17, 15) is 4.79 Å². The molecule has 5 rings (SSSR count). The molecule has 0 fully saturated rings. The monoisotopic (exact) mass is 429 g/mol. The van der Waals surface area contributed by atoms with Gasteiger partial charge in [-0.15, -0.1) is 0 Å². The zero-order valence-corrected chi connectivity index (χ0v) is 18.7. The van der Waals surface area contributed by atoms with Gasteiger partial charge in [0, 0.05) is 34.9 Å². The van der Waals surface area contributed by atoms with Crippen molar-refractivity contribution in [3.05, 3.63) is 74.7 Å². The van der Waals surface area contributed by atoms with Gasteiger partial charge in [0.1, 0.15) is 5.82 Å². The van der Waals surface area contributed by atoms with Gasteiger partial charge in [0.25, 0.3) is 5.56 Å². The molecule has 6 heteroatoms. The first-order chi connectivity index (χ1) is 15.6. The lowest BCUT2D eigenvalue weighted by Gasteiger charge is -2.28. The number of ether oxygens (including phenoxy) is 2. The molecule has 0 saturated heterocycles. The van der Waals surface area contributed by atoms with Crippen LogP contribution in [0.3, 0.4) is 0 Å². The highest BCUT2D eigenvalue weighted by atomic mass is 16.5. The highest BCUT2D eigenvalue weighted by Gasteiger charge is 2.30. The molecule has 32 heavy (non-hydrogen) atoms. The van der Waals surface area contributed by atoms with Crippen molar-refractivity contribution in [1.82, 2.24) is 9.97 Å². The zero-order chi connectivity index (χ0) is 22.2. The Kier molecular flexibility index (Phi) is 5.29. The van der Waals surface area contributed by atoms with E-state index in [1.165, 1.54) is 5.56 Å². The molecule has 1 aliphatic carbocycles. The van der Waals surface area contributed by atoms with Crippen LogP contribution in [0.25, 0.3) is 11.4 Å². The van der Waals surface area contributed by atoms with Crippen molar-refractivity contribution in [2.75, 3.05) is 20.8 Å². The number of fused-ring (bicyclic) bond motifs is 2. The molecule has 0 saturated carbocycles. The third-order valence-electron chi connectivity index (χ3n) is 6.51. The standard InChI is InChI=1S/C26H27N3O3/c1-15-5-4-6-18(11-15)25-28-21-8-7-17(12-20(21)26(30)29-25)24-19-14-23(32-3)22(31-2)13-16(19)9-10-27-24/h4-6,11,13-14,17H,7-10,12H2,1-3H3,(H,28,29,30). The fraction of sp³-hybridized carbons (Fsp3) is 0.346. The third-order valence-corrected chi connectivity index (χ3v) is 6.51. The van der Waals surface area contributed by atoms with Gasteiger partial charge in [-0.3, -0.25) is 9.79 Å². The van der Waals surface area contributed by atoms with E-state index in [1.807, 2.05) is 37.3 Å². The number of nitrogens with zero attached hydrogens (tertiary/aromatic N) is 2. The number of benzene rings is 2. The van der Waals surface area contributed by atoms with Gasteiger partial charge < -0.3 is 14.5 Å². The minimum absolute atomic E-state index is 0.0415. The number of rotatable bonds is 4. The summed E-state index contributed by atoms with van der Waals surface area (Å²) in [5, 5.41) is 0. The smallest absolute Gasteiger partial charge is 0.254 e. The van der Waals surface area contributed by atoms with Crippen molar-refractivity contribution in [2.24, 2.45) is 10.9 Å². The van der Waals surface area contributed by atoms with Crippen LogP contribution in [0.5, 0.6) is 11.5 Å². The minimum atomic E-state index is -0.0415. The zero-order valence-electron chi connectivity index (χ0n) is 18.7. The van der Waals surface area contributed by atoms with Gasteiger partial charge in [-0.25, -0.2) is 4.98 Å². The topological polar surface area (TPSA) is 76.6 Å². The van der Waals surface area contributed by atoms with Crippen molar-refractivity contribution < 1.29 is 9.47 Å². The van der Waals surface area contributed by atoms with Gasteiger partial charge in [0.2, 0.25) is 0 Å². The van der Waals surface area contributed by atoms with Crippen LogP contribution in [0, 0.1) is 12.8 Å². The van der Waals surface area contributed by atoms with Crippen molar-refractivity contribution in [3.8, 4) is 22.9 Å². The van der Waals surface area contributed by atoms with Crippen LogP contribution in [-0.2, 0) is 19.3 Å². The molecule has 3 aromatic rings. The average molecular weight is 430 g/mol. The lowest BCUT2D eigenvalue weighted by Crippen LogP contribution is -2.32. The molecule has 0 bridgehead atoms. The molecule has 2 aliphatic rings. The summed E-state index contributed by atoms with van der Waals surface area (Å²) < 4.78 is 11.0. The molecule has 2 aromatic carbocycles. The van der Waals surface area contributed by atoms with Crippen LogP contribution < -0.4 is 15.0 Å². The second kappa shape index (κ2) is 8.26. The highest BCUT2D eigenvalue weighted by molar-refractivity contribution is 6.05. The maximum Gasteiger partial charge on any atom is 0.254 e. The summed E-state index contributed by atoms with van der Waals surface area (Å²) in [4.78, 5) is 25.8. The van der Waals surface area contributed by atoms with Crippen LogP contribution in [0.15, 0.2) is 46.2 Å². The quantitative estimate of drug-likeness (QED) is 0.682. The number of aryl methyl sites for hydroxylation is 2. The van der Waals surface area contributed by atoms with Crippen molar-refractivity contribution in [3.63, 3.8) is 0 Å². The number of aromatic nitrogens is 2. The van der Waals surface area contributed by atoms with Crippen LogP contribution in [0.2, 0.25) is 0 Å². The fourth-order valence-corrected chi connectivity index (χ4v) is 4.88. The molecule has 1 aromatic heterocycles. The molecule has 1 aliphatic heterocycles. The van der Waals surface area contributed by atoms with Crippen molar-refractivity contribution in [2.45, 2.75) is 32.6 Å². The lowest BCUT2D eigenvalue weighted by molar-refractivity contribution is 0.354. The molecule has 0 spiro atoms. The molecule has 2 heterocycles. The van der Waals surface area contributed by atoms with E-state index in [0.29, 0.717) is 18.0 Å². The number of H-pyrrole nitrogens is 1. The number of methoxy groups -OCH3 is 2. The Labute approximate surface area is 187 Å². The summed E-state index contributed by atoms with van der Waals surface area (Å²) in [6, 6.07) is 12.2. The average Bonchev–Trinajstić information content (AvgIpc) is 2.82. The van der Waals surface area contributed by atoms with E-state index in [-0.39, 0.29) is 11.5 Å². The Morgan fingerprint density at radius 2 is 1.88 bits per heavy atom. The molecule has 1 unspecified atom stereocenters. The van der Waals surface area contributed by atoms with E-state index in [2.05, 4.69) is 11.1 Å². The Morgan fingerprint density at radius 3 is 2.66 bits per heavy atom. The SMILES string of the molecule is COc1cc2c(cc1OC)C(C1CCc3nc(-c4cccc(C)c4)[nH]c(=O)c3C1)=NCC2. The van der Waals surface area contributed by atoms with E-state index in [4.69, 9.17) is 19.5 Å². The van der Waals surface area contributed by atoms with Gasteiger partial charge >= 0.3 is 0 Å². The summed E-state index contributed by atoms with van der Waals surface area (Å²) in [6.07, 6.45) is 3.22. The normalized spacial score (nSPS) is 17.2. The van der Waals surface area contributed by atoms with Crippen molar-refractivity contribution >= 4 is 5.71 Å². The maximum absolute atomic E-state index is 13.0. The van der Waals surface area contributed by atoms with E-state index < -0.39 is 0 Å². The molecule has 0 radical (unpaired) electrons.